The number of nitriles is 1. The molecule has 0 radical (unpaired) electrons. The van der Waals surface area contributed by atoms with E-state index >= 15 is 0 Å². The molecule has 3 aromatic rings. The Balaban J connectivity index is 1.89. The zero-order valence-corrected chi connectivity index (χ0v) is 23.6. The van der Waals surface area contributed by atoms with Crippen LogP contribution in [-0.4, -0.2) is 30.9 Å². The molecule has 0 unspecified atom stereocenters. The van der Waals surface area contributed by atoms with Crippen molar-refractivity contribution in [2.45, 2.75) is 33.8 Å². The van der Waals surface area contributed by atoms with Crippen LogP contribution in [-0.2, 0) is 27.3 Å². The Kier molecular flexibility index (Phi) is 10.4. The molecule has 0 saturated carbocycles. The lowest BCUT2D eigenvalue weighted by atomic mass is 10.0. The summed E-state index contributed by atoms with van der Waals surface area (Å²) in [5.74, 6) is -1.20. The maximum Gasteiger partial charge on any atom is 0.348 e. The molecule has 0 aliphatic heterocycles. The van der Waals surface area contributed by atoms with Crippen LogP contribution in [0.4, 0.5) is 0 Å². The van der Waals surface area contributed by atoms with Crippen molar-refractivity contribution in [3.63, 3.8) is 0 Å². The predicted molar refractivity (Wildman–Crippen MR) is 148 cm³/mol. The van der Waals surface area contributed by atoms with Crippen molar-refractivity contribution in [3.05, 3.63) is 90.6 Å². The van der Waals surface area contributed by atoms with Crippen LogP contribution in [0.1, 0.15) is 55.4 Å². The number of rotatable bonds is 11. The molecular formula is C29H26BrNO6S. The number of benzene rings is 2. The summed E-state index contributed by atoms with van der Waals surface area (Å²) in [6.45, 7) is 5.58. The monoisotopic (exact) mass is 595 g/mol. The van der Waals surface area contributed by atoms with E-state index in [0.29, 0.717) is 28.4 Å². The number of Topliss-reactive ketones (excluding diaryl/α,β-unsaturated/α-hetero) is 1. The van der Waals surface area contributed by atoms with Gasteiger partial charge in [0.15, 0.2) is 5.78 Å². The molecule has 0 saturated heterocycles. The van der Waals surface area contributed by atoms with Crippen LogP contribution in [0.5, 0.6) is 5.75 Å². The topological polar surface area (TPSA) is 103 Å². The molecule has 0 fully saturated rings. The summed E-state index contributed by atoms with van der Waals surface area (Å²) in [5.41, 5.74) is 1.96. The highest BCUT2D eigenvalue weighted by atomic mass is 79.9. The third-order valence-electron chi connectivity index (χ3n) is 5.43. The van der Waals surface area contributed by atoms with E-state index < -0.39 is 17.7 Å². The molecule has 0 N–H and O–H groups in total. The Bertz CT molecular complexity index is 1400. The van der Waals surface area contributed by atoms with Crippen molar-refractivity contribution in [3.8, 4) is 11.8 Å². The predicted octanol–water partition coefficient (Wildman–Crippen LogP) is 6.47. The number of allylic oxidation sites excluding steroid dienone is 1. The van der Waals surface area contributed by atoms with Gasteiger partial charge in [-0.05, 0) is 56.2 Å². The molecule has 9 heteroatoms. The minimum Gasteiger partial charge on any atom is -0.488 e. The number of nitrogens with zero attached hydrogens (tertiary/aromatic N) is 1. The van der Waals surface area contributed by atoms with Gasteiger partial charge in [0.25, 0.3) is 0 Å². The summed E-state index contributed by atoms with van der Waals surface area (Å²) in [6, 6.07) is 16.8. The van der Waals surface area contributed by atoms with Crippen LogP contribution < -0.4 is 4.74 Å². The third-order valence-corrected chi connectivity index (χ3v) is 7.23. The number of hydrogen-bond donors (Lipinski definition) is 0. The fourth-order valence-corrected chi connectivity index (χ4v) is 5.05. The van der Waals surface area contributed by atoms with Gasteiger partial charge in [0.05, 0.1) is 24.4 Å². The number of carbonyl (C=O) groups is 3. The lowest BCUT2D eigenvalue weighted by Crippen LogP contribution is -2.12. The van der Waals surface area contributed by atoms with Crippen molar-refractivity contribution in [1.82, 2.24) is 0 Å². The van der Waals surface area contributed by atoms with Gasteiger partial charge in [-0.15, -0.1) is 11.3 Å². The van der Waals surface area contributed by atoms with Crippen LogP contribution in [0.3, 0.4) is 0 Å². The molecule has 0 spiro atoms. The summed E-state index contributed by atoms with van der Waals surface area (Å²) in [7, 11) is 0. The molecule has 0 aliphatic carbocycles. The van der Waals surface area contributed by atoms with Crippen molar-refractivity contribution < 1.29 is 28.6 Å². The molecule has 7 nitrogen and oxygen atoms in total. The number of carbonyl (C=O) groups excluding carboxylic acids is 3. The van der Waals surface area contributed by atoms with Gasteiger partial charge in [-0.2, -0.15) is 5.26 Å². The Morgan fingerprint density at radius 1 is 1.00 bits per heavy atom. The first-order chi connectivity index (χ1) is 18.3. The number of ether oxygens (including phenoxy) is 3. The summed E-state index contributed by atoms with van der Waals surface area (Å²) in [4.78, 5) is 38.9. The summed E-state index contributed by atoms with van der Waals surface area (Å²) >= 11 is 4.41. The molecule has 0 aliphatic rings. The van der Waals surface area contributed by atoms with Gasteiger partial charge in [-0.3, -0.25) is 4.79 Å². The minimum atomic E-state index is -0.631. The van der Waals surface area contributed by atoms with Crippen LogP contribution in [0.15, 0.2) is 58.6 Å². The lowest BCUT2D eigenvalue weighted by Gasteiger charge is -2.10. The van der Waals surface area contributed by atoms with Crippen molar-refractivity contribution in [2.75, 3.05) is 13.2 Å². The molecule has 0 atom stereocenters. The van der Waals surface area contributed by atoms with E-state index in [1.807, 2.05) is 30.3 Å². The van der Waals surface area contributed by atoms with E-state index in [2.05, 4.69) is 15.9 Å². The zero-order valence-electron chi connectivity index (χ0n) is 21.2. The second-order valence-electron chi connectivity index (χ2n) is 8.02. The van der Waals surface area contributed by atoms with Crippen LogP contribution >= 0.6 is 27.3 Å². The number of hydrogen-bond acceptors (Lipinski definition) is 8. The van der Waals surface area contributed by atoms with Crippen LogP contribution in [0, 0.1) is 18.3 Å². The fourth-order valence-electron chi connectivity index (χ4n) is 3.60. The highest BCUT2D eigenvalue weighted by molar-refractivity contribution is 9.10. The first-order valence-electron chi connectivity index (χ1n) is 11.9. The molecule has 2 aromatic carbocycles. The van der Waals surface area contributed by atoms with E-state index in [0.717, 1.165) is 21.4 Å². The maximum absolute atomic E-state index is 13.2. The maximum atomic E-state index is 13.2. The molecule has 1 aromatic heterocycles. The first kappa shape index (κ1) is 28.8. The highest BCUT2D eigenvalue weighted by Gasteiger charge is 2.28. The molecule has 1 heterocycles. The van der Waals surface area contributed by atoms with E-state index in [-0.39, 0.29) is 35.6 Å². The summed E-state index contributed by atoms with van der Waals surface area (Å²) in [5, 5.41) is 9.79. The largest absolute Gasteiger partial charge is 0.488 e. The Morgan fingerprint density at radius 3 is 2.32 bits per heavy atom. The van der Waals surface area contributed by atoms with E-state index in [9.17, 15) is 19.6 Å². The first-order valence-corrected chi connectivity index (χ1v) is 13.5. The average Bonchev–Trinajstić information content (AvgIpc) is 3.23. The standard InChI is InChI=1S/C29H26BrNO6S/c1-4-35-28(33)26-18(3)27(29(34)36-5-2)38-25(26)15-23(32)21(16-31)14-20-8-6-7-9-24(20)37-17-19-10-12-22(30)13-11-19/h6-14H,4-5,15,17H2,1-3H3. The minimum absolute atomic E-state index is 0.108. The SMILES string of the molecule is CCOC(=O)c1sc(CC(=O)C(C#N)=Cc2ccccc2OCc2ccc(Br)cc2)c(C(=O)OCC)c1C. The second kappa shape index (κ2) is 13.7. The number of thiophene rings is 1. The lowest BCUT2D eigenvalue weighted by molar-refractivity contribution is -0.114. The quantitative estimate of drug-likeness (QED) is 0.142. The van der Waals surface area contributed by atoms with Crippen molar-refractivity contribution in [1.29, 1.82) is 5.26 Å². The Labute approximate surface area is 233 Å². The molecule has 0 amide bonds. The van der Waals surface area contributed by atoms with Crippen molar-refractivity contribution in [2.24, 2.45) is 0 Å². The number of para-hydroxylation sites is 1. The molecule has 196 valence electrons. The molecule has 3 rings (SSSR count). The van der Waals surface area contributed by atoms with Gasteiger partial charge < -0.3 is 14.2 Å². The number of ketones is 1. The Hall–Kier alpha value is -3.74. The molecular weight excluding hydrogens is 570 g/mol. The smallest absolute Gasteiger partial charge is 0.348 e. The summed E-state index contributed by atoms with van der Waals surface area (Å²) in [6.07, 6.45) is 1.22. The van der Waals surface area contributed by atoms with Gasteiger partial charge in [0.2, 0.25) is 0 Å². The van der Waals surface area contributed by atoms with Gasteiger partial charge in [0, 0.05) is 21.3 Å². The van der Waals surface area contributed by atoms with Crippen LogP contribution in [0.2, 0.25) is 0 Å². The van der Waals surface area contributed by atoms with Gasteiger partial charge >= 0.3 is 11.9 Å². The van der Waals surface area contributed by atoms with E-state index in [4.69, 9.17) is 14.2 Å². The molecule has 38 heavy (non-hydrogen) atoms. The second-order valence-corrected chi connectivity index (χ2v) is 10.0. The number of esters is 2. The van der Waals surface area contributed by atoms with Gasteiger partial charge in [-0.1, -0.05) is 46.3 Å². The van der Waals surface area contributed by atoms with Crippen molar-refractivity contribution >= 4 is 51.1 Å². The molecule has 0 bridgehead atoms. The highest BCUT2D eigenvalue weighted by Crippen LogP contribution is 2.31. The Morgan fingerprint density at radius 2 is 1.66 bits per heavy atom. The van der Waals surface area contributed by atoms with Gasteiger partial charge in [-0.25, -0.2) is 9.59 Å². The van der Waals surface area contributed by atoms with Gasteiger partial charge in [0.1, 0.15) is 23.3 Å². The average molecular weight is 596 g/mol. The summed E-state index contributed by atoms with van der Waals surface area (Å²) < 4.78 is 17.2. The zero-order chi connectivity index (χ0) is 27.7. The fraction of sp³-hybridized carbons (Fsp3) is 0.241. The van der Waals surface area contributed by atoms with E-state index in [1.54, 1.807) is 45.0 Å². The van der Waals surface area contributed by atoms with Crippen LogP contribution in [0.25, 0.3) is 6.08 Å². The normalized spacial score (nSPS) is 11.0. The number of halogens is 1. The third kappa shape index (κ3) is 7.18. The van der Waals surface area contributed by atoms with E-state index in [1.165, 1.54) is 6.08 Å².